The van der Waals surface area contributed by atoms with Crippen LogP contribution in [0.15, 0.2) is 36.5 Å². The van der Waals surface area contributed by atoms with Crippen LogP contribution in [0.4, 0.5) is 0 Å². The Morgan fingerprint density at radius 2 is 1.97 bits per heavy atom. The number of nitriles is 1. The zero-order chi connectivity index (χ0) is 21.1. The molecule has 158 valence electrons. The second-order valence-electron chi connectivity index (χ2n) is 7.95. The highest BCUT2D eigenvalue weighted by Gasteiger charge is 2.34. The summed E-state index contributed by atoms with van der Waals surface area (Å²) in [5.41, 5.74) is 2.02. The number of sulfone groups is 1. The number of piperazine rings is 1. The van der Waals surface area contributed by atoms with Crippen LogP contribution in [0.25, 0.3) is 17.0 Å². The lowest BCUT2D eigenvalue weighted by molar-refractivity contribution is -0.127. The van der Waals surface area contributed by atoms with Crippen LogP contribution in [-0.2, 0) is 21.2 Å². The van der Waals surface area contributed by atoms with E-state index in [1.165, 1.54) is 0 Å². The van der Waals surface area contributed by atoms with Crippen LogP contribution in [0.5, 0.6) is 0 Å². The fourth-order valence-corrected chi connectivity index (χ4v) is 6.16. The Hall–Kier alpha value is -2.63. The van der Waals surface area contributed by atoms with Gasteiger partial charge in [-0.2, -0.15) is 5.26 Å². The van der Waals surface area contributed by atoms with Crippen LogP contribution in [0, 0.1) is 11.3 Å². The van der Waals surface area contributed by atoms with Crippen LogP contribution >= 0.6 is 0 Å². The van der Waals surface area contributed by atoms with Gasteiger partial charge in [0.1, 0.15) is 0 Å². The predicted octanol–water partition coefficient (Wildman–Crippen LogP) is 1.90. The van der Waals surface area contributed by atoms with Crippen molar-refractivity contribution in [2.75, 3.05) is 37.7 Å². The molecule has 4 rings (SSSR count). The average molecular weight is 427 g/mol. The number of benzene rings is 1. The van der Waals surface area contributed by atoms with Crippen molar-refractivity contribution >= 4 is 32.7 Å². The number of carbonyl (C=O) groups excluding carboxylic acids is 1. The molecular formula is C22H26N4O3S. The number of aryl methyl sites for hydroxylation is 1. The van der Waals surface area contributed by atoms with Crippen molar-refractivity contribution in [2.24, 2.45) is 0 Å². The first-order chi connectivity index (χ1) is 14.5. The van der Waals surface area contributed by atoms with Crippen LogP contribution < -0.4 is 0 Å². The second-order valence-corrected chi connectivity index (χ2v) is 10.2. The number of carbonyl (C=O) groups is 1. The zero-order valence-electron chi connectivity index (χ0n) is 16.9. The van der Waals surface area contributed by atoms with E-state index < -0.39 is 9.84 Å². The van der Waals surface area contributed by atoms with Crippen LogP contribution in [0.1, 0.15) is 18.4 Å². The van der Waals surface area contributed by atoms with Crippen molar-refractivity contribution in [3.63, 3.8) is 0 Å². The van der Waals surface area contributed by atoms with Crippen molar-refractivity contribution in [2.45, 2.75) is 25.4 Å². The Kier molecular flexibility index (Phi) is 5.93. The molecule has 0 radical (unpaired) electrons. The third-order valence-electron chi connectivity index (χ3n) is 6.04. The van der Waals surface area contributed by atoms with E-state index in [1.807, 2.05) is 41.4 Å². The smallest absolute Gasteiger partial charge is 0.246 e. The summed E-state index contributed by atoms with van der Waals surface area (Å²) in [5, 5.41) is 9.94. The van der Waals surface area contributed by atoms with Gasteiger partial charge < -0.3 is 9.47 Å². The lowest BCUT2D eigenvalue weighted by Gasteiger charge is -2.37. The monoisotopic (exact) mass is 426 g/mol. The molecule has 0 bridgehead atoms. The Morgan fingerprint density at radius 3 is 2.67 bits per heavy atom. The first-order valence-electron chi connectivity index (χ1n) is 10.3. The Labute approximate surface area is 177 Å². The topological polar surface area (TPSA) is 86.4 Å². The van der Waals surface area contributed by atoms with E-state index in [0.29, 0.717) is 45.6 Å². The molecule has 2 aliphatic rings. The number of para-hydroxylation sites is 1. The van der Waals surface area contributed by atoms with Crippen molar-refractivity contribution in [3.8, 4) is 6.07 Å². The van der Waals surface area contributed by atoms with Gasteiger partial charge in [-0.05, 0) is 18.6 Å². The quantitative estimate of drug-likeness (QED) is 0.682. The first kappa shape index (κ1) is 20.6. The number of amides is 1. The lowest BCUT2D eigenvalue weighted by atomic mass is 10.1. The third-order valence-corrected chi connectivity index (χ3v) is 7.79. The number of fused-ring (bicyclic) bond motifs is 1. The molecule has 1 amide bonds. The average Bonchev–Trinajstić information content (AvgIpc) is 3.30. The van der Waals surface area contributed by atoms with E-state index >= 15 is 0 Å². The van der Waals surface area contributed by atoms with E-state index in [9.17, 15) is 13.2 Å². The molecule has 1 unspecified atom stereocenters. The fraction of sp³-hybridized carbons (Fsp3) is 0.455. The molecular weight excluding hydrogens is 400 g/mol. The molecule has 0 N–H and O–H groups in total. The van der Waals surface area contributed by atoms with Crippen LogP contribution in [0.3, 0.4) is 0 Å². The van der Waals surface area contributed by atoms with E-state index in [2.05, 4.69) is 15.5 Å². The highest BCUT2D eigenvalue weighted by atomic mass is 32.2. The number of hydrogen-bond donors (Lipinski definition) is 0. The van der Waals surface area contributed by atoms with Gasteiger partial charge in [-0.1, -0.05) is 18.2 Å². The minimum absolute atomic E-state index is 0.0254. The molecule has 3 heterocycles. The largest absolute Gasteiger partial charge is 0.346 e. The molecule has 0 aliphatic carbocycles. The first-order valence-corrected chi connectivity index (χ1v) is 12.2. The number of nitrogens with zero attached hydrogens (tertiary/aromatic N) is 4. The molecule has 8 heteroatoms. The van der Waals surface area contributed by atoms with Gasteiger partial charge in [-0.3, -0.25) is 9.69 Å². The van der Waals surface area contributed by atoms with Gasteiger partial charge >= 0.3 is 0 Å². The molecule has 1 aromatic heterocycles. The summed E-state index contributed by atoms with van der Waals surface area (Å²) in [7, 11) is -2.89. The minimum atomic E-state index is -2.89. The maximum atomic E-state index is 12.7. The highest BCUT2D eigenvalue weighted by molar-refractivity contribution is 7.91. The standard InChI is InChI=1S/C22H26N4O3S/c23-9-3-10-26-16-18(20-4-1-2-5-21(20)26)6-7-22(27)25-13-11-24(12-14-25)19-8-15-30(28,29)17-19/h1-2,4-7,16,19H,3,8,10-15,17H2/b7-6+. The summed E-state index contributed by atoms with van der Waals surface area (Å²) >= 11 is 0. The van der Waals surface area contributed by atoms with Gasteiger partial charge in [0.25, 0.3) is 0 Å². The van der Waals surface area contributed by atoms with Gasteiger partial charge in [0, 0.05) is 67.5 Å². The summed E-state index contributed by atoms with van der Waals surface area (Å²) < 4.78 is 25.5. The van der Waals surface area contributed by atoms with Crippen molar-refractivity contribution < 1.29 is 13.2 Å². The van der Waals surface area contributed by atoms with Gasteiger partial charge in [0.15, 0.2) is 9.84 Å². The van der Waals surface area contributed by atoms with Crippen LogP contribution in [-0.4, -0.2) is 72.4 Å². The maximum Gasteiger partial charge on any atom is 0.246 e. The molecule has 0 spiro atoms. The molecule has 2 fully saturated rings. The molecule has 1 aromatic carbocycles. The Bertz CT molecular complexity index is 1110. The minimum Gasteiger partial charge on any atom is -0.346 e. The molecule has 2 aliphatic heterocycles. The number of hydrogen-bond acceptors (Lipinski definition) is 5. The van der Waals surface area contributed by atoms with Gasteiger partial charge in [0.2, 0.25) is 5.91 Å². The summed E-state index contributed by atoms with van der Waals surface area (Å²) in [5.74, 6) is 0.501. The van der Waals surface area contributed by atoms with E-state index in [1.54, 1.807) is 6.08 Å². The number of rotatable bonds is 5. The number of aromatic nitrogens is 1. The van der Waals surface area contributed by atoms with Gasteiger partial charge in [0.05, 0.1) is 24.0 Å². The summed E-state index contributed by atoms with van der Waals surface area (Å²) in [6.07, 6.45) is 6.60. The van der Waals surface area contributed by atoms with Crippen molar-refractivity contribution in [1.82, 2.24) is 14.4 Å². The predicted molar refractivity (Wildman–Crippen MR) is 116 cm³/mol. The molecule has 7 nitrogen and oxygen atoms in total. The lowest BCUT2D eigenvalue weighted by Crippen LogP contribution is -2.52. The fourth-order valence-electron chi connectivity index (χ4n) is 4.40. The SMILES string of the molecule is N#CCCn1cc(/C=C/C(=O)N2CCN(C3CCS(=O)(=O)C3)CC2)c2ccccc21. The van der Waals surface area contributed by atoms with E-state index in [4.69, 9.17) is 5.26 Å². The van der Waals surface area contributed by atoms with Crippen molar-refractivity contribution in [1.29, 1.82) is 5.26 Å². The third kappa shape index (κ3) is 4.42. The van der Waals surface area contributed by atoms with Gasteiger partial charge in [-0.25, -0.2) is 8.42 Å². The summed E-state index contributed by atoms with van der Waals surface area (Å²) in [4.78, 5) is 16.7. The molecule has 30 heavy (non-hydrogen) atoms. The summed E-state index contributed by atoms with van der Waals surface area (Å²) in [6, 6.07) is 10.3. The summed E-state index contributed by atoms with van der Waals surface area (Å²) in [6.45, 7) is 3.28. The second kappa shape index (κ2) is 8.62. The van der Waals surface area contributed by atoms with E-state index in [-0.39, 0.29) is 23.5 Å². The maximum absolute atomic E-state index is 12.7. The molecule has 1 atom stereocenters. The Morgan fingerprint density at radius 1 is 1.20 bits per heavy atom. The van der Waals surface area contributed by atoms with Crippen molar-refractivity contribution in [3.05, 3.63) is 42.1 Å². The Balaban J connectivity index is 1.39. The highest BCUT2D eigenvalue weighted by Crippen LogP contribution is 2.23. The molecule has 2 aromatic rings. The molecule has 0 saturated carbocycles. The van der Waals surface area contributed by atoms with Crippen LogP contribution in [0.2, 0.25) is 0 Å². The normalized spacial score (nSPS) is 22.0. The van der Waals surface area contributed by atoms with E-state index in [0.717, 1.165) is 16.5 Å². The van der Waals surface area contributed by atoms with Gasteiger partial charge in [-0.15, -0.1) is 0 Å². The zero-order valence-corrected chi connectivity index (χ0v) is 17.7. The molecule has 2 saturated heterocycles.